The Morgan fingerprint density at radius 2 is 1.64 bits per heavy atom. The van der Waals surface area contributed by atoms with E-state index in [4.69, 9.17) is 27.9 Å². The molecule has 1 aliphatic rings. The third kappa shape index (κ3) is 8.75. The summed E-state index contributed by atoms with van der Waals surface area (Å²) in [6, 6.07) is 20.2. The molecule has 0 bridgehead atoms. The summed E-state index contributed by atoms with van der Waals surface area (Å²) < 4.78 is 6.80. The molecule has 0 aromatic heterocycles. The molecule has 0 heterocycles. The summed E-state index contributed by atoms with van der Waals surface area (Å²) in [7, 11) is 0. The van der Waals surface area contributed by atoms with Gasteiger partial charge in [-0.2, -0.15) is 0 Å². The first-order chi connectivity index (χ1) is 20.0. The molecule has 0 spiro atoms. The van der Waals surface area contributed by atoms with Crippen LogP contribution in [0, 0.1) is 0 Å². The second-order valence-electron chi connectivity index (χ2n) is 12.0. The molecule has 2 amide bonds. The summed E-state index contributed by atoms with van der Waals surface area (Å²) in [6.45, 7) is 6.24. The standard InChI is InChI=1S/C34H39BrCl2N2O3/c1-34(2,3)24-17-18-31(27(35)20-24)42-22-32(40)39(21-26-28(36)15-10-16-29(26)37)30(19-23-11-6-4-7-12-23)33(41)38-25-13-8-5-9-14-25/h4,6-7,10-12,15-18,20,25,30H,5,8-9,13-14,19,21-22H2,1-3H3,(H,38,41). The maximum Gasteiger partial charge on any atom is 0.261 e. The van der Waals surface area contributed by atoms with Crippen LogP contribution < -0.4 is 10.1 Å². The molecular formula is C34H39BrCl2N2O3. The van der Waals surface area contributed by atoms with Gasteiger partial charge < -0.3 is 15.0 Å². The smallest absolute Gasteiger partial charge is 0.261 e. The number of amides is 2. The van der Waals surface area contributed by atoms with Gasteiger partial charge in [-0.1, -0.05) is 106 Å². The summed E-state index contributed by atoms with van der Waals surface area (Å²) in [5.74, 6) is 0.0360. The van der Waals surface area contributed by atoms with Gasteiger partial charge in [0.1, 0.15) is 11.8 Å². The van der Waals surface area contributed by atoms with Gasteiger partial charge in [0, 0.05) is 34.6 Å². The Balaban J connectivity index is 1.65. The van der Waals surface area contributed by atoms with Gasteiger partial charge in [0.05, 0.1) is 4.47 Å². The fraction of sp³-hybridized carbons (Fsp3) is 0.412. The van der Waals surface area contributed by atoms with Gasteiger partial charge in [-0.05, 0) is 69.6 Å². The molecule has 5 nitrogen and oxygen atoms in total. The van der Waals surface area contributed by atoms with Crippen LogP contribution in [-0.2, 0) is 28.0 Å². The van der Waals surface area contributed by atoms with Crippen LogP contribution in [0.25, 0.3) is 0 Å². The highest BCUT2D eigenvalue weighted by Crippen LogP contribution is 2.32. The molecule has 1 fully saturated rings. The first-order valence-corrected chi connectivity index (χ1v) is 16.1. The van der Waals surface area contributed by atoms with Crippen LogP contribution in [-0.4, -0.2) is 35.4 Å². The van der Waals surface area contributed by atoms with Gasteiger partial charge in [0.25, 0.3) is 5.91 Å². The molecule has 1 N–H and O–H groups in total. The summed E-state index contributed by atoms with van der Waals surface area (Å²) in [5, 5.41) is 4.12. The topological polar surface area (TPSA) is 58.6 Å². The van der Waals surface area contributed by atoms with Crippen LogP contribution in [0.15, 0.2) is 71.2 Å². The summed E-state index contributed by atoms with van der Waals surface area (Å²) in [4.78, 5) is 29.6. The molecule has 42 heavy (non-hydrogen) atoms. The molecule has 1 unspecified atom stereocenters. The van der Waals surface area contributed by atoms with Crippen LogP contribution >= 0.6 is 39.1 Å². The molecular weight excluding hydrogens is 635 g/mol. The van der Waals surface area contributed by atoms with Crippen molar-refractivity contribution in [3.8, 4) is 5.75 Å². The van der Waals surface area contributed by atoms with Gasteiger partial charge in [-0.3, -0.25) is 9.59 Å². The summed E-state index contributed by atoms with van der Waals surface area (Å²) in [6.07, 6.45) is 5.58. The van der Waals surface area contributed by atoms with E-state index in [9.17, 15) is 9.59 Å². The van der Waals surface area contributed by atoms with E-state index >= 15 is 0 Å². The summed E-state index contributed by atoms with van der Waals surface area (Å²) in [5.41, 5.74) is 2.66. The highest BCUT2D eigenvalue weighted by molar-refractivity contribution is 9.10. The van der Waals surface area contributed by atoms with E-state index in [1.54, 1.807) is 23.1 Å². The van der Waals surface area contributed by atoms with Crippen molar-refractivity contribution in [1.29, 1.82) is 0 Å². The molecule has 3 aromatic rings. The van der Waals surface area contributed by atoms with E-state index in [-0.39, 0.29) is 36.4 Å². The lowest BCUT2D eigenvalue weighted by Crippen LogP contribution is -2.53. The fourth-order valence-corrected chi connectivity index (χ4v) is 6.27. The van der Waals surface area contributed by atoms with Crippen LogP contribution in [0.4, 0.5) is 0 Å². The quantitative estimate of drug-likeness (QED) is 0.235. The van der Waals surface area contributed by atoms with Crippen LogP contribution in [0.5, 0.6) is 5.75 Å². The van der Waals surface area contributed by atoms with Crippen LogP contribution in [0.1, 0.15) is 69.6 Å². The zero-order valence-corrected chi connectivity index (χ0v) is 27.6. The van der Waals surface area contributed by atoms with Crippen molar-refractivity contribution in [3.63, 3.8) is 0 Å². The van der Waals surface area contributed by atoms with Gasteiger partial charge in [-0.25, -0.2) is 0 Å². The van der Waals surface area contributed by atoms with Crippen LogP contribution in [0.3, 0.4) is 0 Å². The number of nitrogens with one attached hydrogen (secondary N) is 1. The molecule has 0 aliphatic heterocycles. The molecule has 0 radical (unpaired) electrons. The van der Waals surface area contributed by atoms with Gasteiger partial charge >= 0.3 is 0 Å². The molecule has 1 aliphatic carbocycles. The Morgan fingerprint density at radius 3 is 2.26 bits per heavy atom. The number of hydrogen-bond donors (Lipinski definition) is 1. The minimum absolute atomic E-state index is 0.0295. The van der Waals surface area contributed by atoms with Crippen molar-refractivity contribution in [2.24, 2.45) is 0 Å². The second-order valence-corrected chi connectivity index (χ2v) is 13.6. The van der Waals surface area contributed by atoms with E-state index in [2.05, 4.69) is 42.0 Å². The maximum absolute atomic E-state index is 14.0. The Hall–Kier alpha value is -2.54. The van der Waals surface area contributed by atoms with Crippen molar-refractivity contribution < 1.29 is 14.3 Å². The molecule has 0 saturated heterocycles. The number of carbonyl (C=O) groups is 2. The third-order valence-corrected chi connectivity index (χ3v) is 9.09. The van der Waals surface area contributed by atoms with Crippen molar-refractivity contribution in [3.05, 3.63) is 97.9 Å². The Morgan fingerprint density at radius 1 is 0.976 bits per heavy atom. The molecule has 1 saturated carbocycles. The Bertz CT molecular complexity index is 1350. The predicted octanol–water partition coefficient (Wildman–Crippen LogP) is 8.52. The van der Waals surface area contributed by atoms with Crippen molar-refractivity contribution in [2.45, 2.75) is 83.3 Å². The molecule has 8 heteroatoms. The van der Waals surface area contributed by atoms with E-state index in [0.29, 0.717) is 27.8 Å². The number of nitrogens with zero attached hydrogens (tertiary/aromatic N) is 1. The van der Waals surface area contributed by atoms with E-state index in [1.165, 1.54) is 6.42 Å². The lowest BCUT2D eigenvalue weighted by Gasteiger charge is -2.34. The Labute approximate surface area is 268 Å². The number of carbonyl (C=O) groups excluding carboxylic acids is 2. The molecule has 3 aromatic carbocycles. The monoisotopic (exact) mass is 672 g/mol. The minimum atomic E-state index is -0.788. The van der Waals surface area contributed by atoms with Crippen LogP contribution in [0.2, 0.25) is 10.0 Å². The predicted molar refractivity (Wildman–Crippen MR) is 174 cm³/mol. The molecule has 4 rings (SSSR count). The first kappa shape index (κ1) is 32.4. The highest BCUT2D eigenvalue weighted by atomic mass is 79.9. The number of ether oxygens (including phenoxy) is 1. The average Bonchev–Trinajstić information content (AvgIpc) is 2.96. The fourth-order valence-electron chi connectivity index (χ4n) is 5.26. The highest BCUT2D eigenvalue weighted by Gasteiger charge is 2.33. The minimum Gasteiger partial charge on any atom is -0.483 e. The number of rotatable bonds is 10. The lowest BCUT2D eigenvalue weighted by molar-refractivity contribution is -0.143. The number of halogens is 3. The average molecular weight is 675 g/mol. The zero-order valence-electron chi connectivity index (χ0n) is 24.5. The number of benzene rings is 3. The molecule has 1 atom stereocenters. The van der Waals surface area contributed by atoms with Crippen molar-refractivity contribution in [1.82, 2.24) is 10.2 Å². The van der Waals surface area contributed by atoms with E-state index in [0.717, 1.165) is 41.3 Å². The summed E-state index contributed by atoms with van der Waals surface area (Å²) >= 11 is 16.7. The number of hydrogen-bond acceptors (Lipinski definition) is 3. The van der Waals surface area contributed by atoms with Gasteiger partial charge in [0.15, 0.2) is 6.61 Å². The normalized spacial score (nSPS) is 14.7. The SMILES string of the molecule is CC(C)(C)c1ccc(OCC(=O)N(Cc2c(Cl)cccc2Cl)C(Cc2ccccc2)C(=O)NC2CCCCC2)c(Br)c1. The lowest BCUT2D eigenvalue weighted by atomic mass is 9.87. The second kappa shape index (κ2) is 14.8. The third-order valence-electron chi connectivity index (χ3n) is 7.76. The van der Waals surface area contributed by atoms with Crippen molar-refractivity contribution in [2.75, 3.05) is 6.61 Å². The first-order valence-electron chi connectivity index (χ1n) is 14.5. The zero-order chi connectivity index (χ0) is 30.3. The molecule has 224 valence electrons. The van der Waals surface area contributed by atoms with Gasteiger partial charge in [0.2, 0.25) is 5.91 Å². The maximum atomic E-state index is 14.0. The van der Waals surface area contributed by atoms with E-state index < -0.39 is 6.04 Å². The Kier molecular flexibility index (Phi) is 11.4. The van der Waals surface area contributed by atoms with E-state index in [1.807, 2.05) is 48.5 Å². The van der Waals surface area contributed by atoms with Crippen molar-refractivity contribution >= 4 is 50.9 Å². The van der Waals surface area contributed by atoms with Gasteiger partial charge in [-0.15, -0.1) is 0 Å². The largest absolute Gasteiger partial charge is 0.483 e.